The van der Waals surface area contributed by atoms with Crippen molar-refractivity contribution in [2.24, 2.45) is 7.05 Å². The molecule has 2 heterocycles. The number of ketones is 1. The number of carbonyl (C=O) groups is 1. The Bertz CT molecular complexity index is 1320. The Kier molecular flexibility index (Phi) is 7.90. The number of anilines is 1. The van der Waals surface area contributed by atoms with Crippen molar-refractivity contribution >= 4 is 11.6 Å². The van der Waals surface area contributed by atoms with Gasteiger partial charge in [0, 0.05) is 20.1 Å². The van der Waals surface area contributed by atoms with Gasteiger partial charge in [0.15, 0.2) is 17.3 Å². The molecule has 1 aliphatic heterocycles. The highest BCUT2D eigenvalue weighted by Gasteiger charge is 2.27. The quantitative estimate of drug-likeness (QED) is 0.457. The first-order valence-corrected chi connectivity index (χ1v) is 12.2. The summed E-state index contributed by atoms with van der Waals surface area (Å²) in [5.74, 6) is 0.944. The molecule has 1 aliphatic rings. The number of piperidine rings is 1. The number of nitrogens with two attached hydrogens (primary N) is 1. The molecule has 0 unspecified atom stereocenters. The molecule has 0 radical (unpaired) electrons. The molecule has 1 fully saturated rings. The molecule has 2 N–H and O–H groups in total. The Morgan fingerprint density at radius 1 is 1.00 bits per heavy atom. The van der Waals surface area contributed by atoms with Crippen LogP contribution in [0.1, 0.15) is 35.7 Å². The standard InChI is InChI=1S/C27H32N4O5/c1-3-35-22-11-7-8-12-23(22)36-20-13-15-30(16-14-20)18-21(32)24-25(28)31(27(34)29(2)26(24)33)17-19-9-5-4-6-10-19/h4-12,20H,3,13-18,28H2,1-2H3. The van der Waals surface area contributed by atoms with E-state index in [1.165, 1.54) is 11.6 Å². The fraction of sp³-hybridized carbons (Fsp3) is 0.370. The van der Waals surface area contributed by atoms with Crippen molar-refractivity contribution in [1.82, 2.24) is 14.0 Å². The Morgan fingerprint density at radius 3 is 2.31 bits per heavy atom. The summed E-state index contributed by atoms with van der Waals surface area (Å²) in [5, 5.41) is 0. The van der Waals surface area contributed by atoms with Crippen molar-refractivity contribution in [3.05, 3.63) is 86.6 Å². The van der Waals surface area contributed by atoms with Crippen LogP contribution >= 0.6 is 0 Å². The molecule has 0 spiro atoms. The molecule has 0 amide bonds. The summed E-state index contributed by atoms with van der Waals surface area (Å²) in [6.07, 6.45) is 1.47. The molecule has 9 heteroatoms. The summed E-state index contributed by atoms with van der Waals surface area (Å²) in [6.45, 7) is 3.98. The van der Waals surface area contributed by atoms with Gasteiger partial charge in [-0.2, -0.15) is 0 Å². The minimum Gasteiger partial charge on any atom is -0.490 e. The van der Waals surface area contributed by atoms with E-state index in [0.29, 0.717) is 25.4 Å². The van der Waals surface area contributed by atoms with E-state index in [4.69, 9.17) is 15.2 Å². The van der Waals surface area contributed by atoms with E-state index < -0.39 is 17.0 Å². The zero-order valence-corrected chi connectivity index (χ0v) is 20.7. The van der Waals surface area contributed by atoms with E-state index in [-0.39, 0.29) is 30.6 Å². The lowest BCUT2D eigenvalue weighted by molar-refractivity contribution is 0.0779. The van der Waals surface area contributed by atoms with Crippen molar-refractivity contribution in [2.75, 3.05) is 32.0 Å². The largest absolute Gasteiger partial charge is 0.490 e. The van der Waals surface area contributed by atoms with E-state index in [1.54, 1.807) is 0 Å². The normalized spacial score (nSPS) is 14.5. The van der Waals surface area contributed by atoms with Gasteiger partial charge in [0.25, 0.3) is 5.56 Å². The van der Waals surface area contributed by atoms with Crippen molar-refractivity contribution in [3.8, 4) is 11.5 Å². The van der Waals surface area contributed by atoms with Crippen LogP contribution in [0.15, 0.2) is 64.2 Å². The van der Waals surface area contributed by atoms with Crippen LogP contribution < -0.4 is 26.5 Å². The van der Waals surface area contributed by atoms with Gasteiger partial charge in [-0.1, -0.05) is 42.5 Å². The summed E-state index contributed by atoms with van der Waals surface area (Å²) in [7, 11) is 1.37. The van der Waals surface area contributed by atoms with Gasteiger partial charge >= 0.3 is 5.69 Å². The van der Waals surface area contributed by atoms with Crippen molar-refractivity contribution in [3.63, 3.8) is 0 Å². The average molecular weight is 493 g/mol. The molecule has 2 aromatic carbocycles. The number of likely N-dealkylation sites (tertiary alicyclic amines) is 1. The van der Waals surface area contributed by atoms with Crippen molar-refractivity contribution < 1.29 is 14.3 Å². The number of nitrogens with zero attached hydrogens (tertiary/aromatic N) is 3. The molecule has 3 aromatic rings. The van der Waals surface area contributed by atoms with E-state index in [9.17, 15) is 14.4 Å². The molecule has 0 bridgehead atoms. The van der Waals surface area contributed by atoms with E-state index in [0.717, 1.165) is 28.7 Å². The van der Waals surface area contributed by atoms with Gasteiger partial charge in [0.2, 0.25) is 0 Å². The highest BCUT2D eigenvalue weighted by atomic mass is 16.5. The maximum atomic E-state index is 13.2. The van der Waals surface area contributed by atoms with Crippen LogP contribution in [0.3, 0.4) is 0 Å². The number of hydrogen-bond donors (Lipinski definition) is 1. The van der Waals surface area contributed by atoms with Gasteiger partial charge in [-0.25, -0.2) is 4.79 Å². The first-order chi connectivity index (χ1) is 17.4. The zero-order valence-electron chi connectivity index (χ0n) is 20.7. The van der Waals surface area contributed by atoms with Gasteiger partial charge in [-0.15, -0.1) is 0 Å². The van der Waals surface area contributed by atoms with Crippen molar-refractivity contribution in [1.29, 1.82) is 0 Å². The van der Waals surface area contributed by atoms with Gasteiger partial charge in [0.1, 0.15) is 17.5 Å². The van der Waals surface area contributed by atoms with Crippen molar-refractivity contribution in [2.45, 2.75) is 32.4 Å². The number of carbonyl (C=O) groups excluding carboxylic acids is 1. The van der Waals surface area contributed by atoms with E-state index in [2.05, 4.69) is 0 Å². The third-order valence-electron chi connectivity index (χ3n) is 6.39. The third kappa shape index (κ3) is 5.52. The maximum Gasteiger partial charge on any atom is 0.332 e. The second-order valence-corrected chi connectivity index (χ2v) is 8.88. The fourth-order valence-corrected chi connectivity index (χ4v) is 4.43. The number of nitrogen functional groups attached to an aromatic ring is 1. The molecule has 9 nitrogen and oxygen atoms in total. The number of rotatable bonds is 9. The topological polar surface area (TPSA) is 109 Å². The summed E-state index contributed by atoms with van der Waals surface area (Å²) in [6, 6.07) is 16.9. The number of Topliss-reactive ketones (excluding diaryl/α,β-unsaturated/α-hetero) is 1. The number of ether oxygens (including phenoxy) is 2. The minimum absolute atomic E-state index is 0.00340. The summed E-state index contributed by atoms with van der Waals surface area (Å²) >= 11 is 0. The van der Waals surface area contributed by atoms with Crippen LogP contribution in [0, 0.1) is 0 Å². The lowest BCUT2D eigenvalue weighted by Crippen LogP contribution is -2.45. The number of benzene rings is 2. The van der Waals surface area contributed by atoms with Crippen LogP contribution in [-0.4, -0.2) is 52.2 Å². The van der Waals surface area contributed by atoms with E-state index >= 15 is 0 Å². The molecule has 1 saturated heterocycles. The zero-order chi connectivity index (χ0) is 25.7. The van der Waals surface area contributed by atoms with Crippen LogP contribution in [0.2, 0.25) is 0 Å². The highest BCUT2D eigenvalue weighted by molar-refractivity contribution is 6.01. The van der Waals surface area contributed by atoms with Crippen LogP contribution in [0.4, 0.5) is 5.82 Å². The first kappa shape index (κ1) is 25.2. The Labute approximate surface area is 209 Å². The lowest BCUT2D eigenvalue weighted by Gasteiger charge is -2.32. The van der Waals surface area contributed by atoms with Gasteiger partial charge < -0.3 is 15.2 Å². The van der Waals surface area contributed by atoms with Crippen LogP contribution in [-0.2, 0) is 13.6 Å². The SMILES string of the molecule is CCOc1ccccc1OC1CCN(CC(=O)c2c(N)n(Cc3ccccc3)c(=O)n(C)c2=O)CC1. The molecule has 36 heavy (non-hydrogen) atoms. The molecule has 1 aromatic heterocycles. The lowest BCUT2D eigenvalue weighted by atomic mass is 10.1. The molecular formula is C27H32N4O5. The average Bonchev–Trinajstić information content (AvgIpc) is 2.88. The van der Waals surface area contributed by atoms with Gasteiger partial charge in [-0.3, -0.25) is 23.6 Å². The second-order valence-electron chi connectivity index (χ2n) is 8.88. The summed E-state index contributed by atoms with van der Waals surface area (Å²) in [5.41, 5.74) is 5.71. The predicted molar refractivity (Wildman–Crippen MR) is 138 cm³/mol. The number of hydrogen-bond acceptors (Lipinski definition) is 7. The van der Waals surface area contributed by atoms with Gasteiger partial charge in [-0.05, 0) is 37.5 Å². The summed E-state index contributed by atoms with van der Waals surface area (Å²) < 4.78 is 14.0. The molecule has 0 aliphatic carbocycles. The molecule has 0 saturated carbocycles. The molecule has 190 valence electrons. The van der Waals surface area contributed by atoms with E-state index in [1.807, 2.05) is 66.4 Å². The second kappa shape index (κ2) is 11.3. The van der Waals surface area contributed by atoms with Crippen LogP contribution in [0.5, 0.6) is 11.5 Å². The number of para-hydroxylation sites is 2. The molecule has 0 atom stereocenters. The first-order valence-electron chi connectivity index (χ1n) is 12.2. The van der Waals surface area contributed by atoms with Crippen LogP contribution in [0.25, 0.3) is 0 Å². The predicted octanol–water partition coefficient (Wildman–Crippen LogP) is 2.30. The highest BCUT2D eigenvalue weighted by Crippen LogP contribution is 2.29. The third-order valence-corrected chi connectivity index (χ3v) is 6.39. The summed E-state index contributed by atoms with van der Waals surface area (Å²) in [4.78, 5) is 40.8. The fourth-order valence-electron chi connectivity index (χ4n) is 4.43. The number of aromatic nitrogens is 2. The molecule has 4 rings (SSSR count). The minimum atomic E-state index is -0.669. The Balaban J connectivity index is 1.44. The Morgan fingerprint density at radius 2 is 1.64 bits per heavy atom. The smallest absolute Gasteiger partial charge is 0.332 e. The molecular weight excluding hydrogens is 460 g/mol. The maximum absolute atomic E-state index is 13.2. The monoisotopic (exact) mass is 492 g/mol. The Hall–Kier alpha value is -3.85. The van der Waals surface area contributed by atoms with Gasteiger partial charge in [0.05, 0.1) is 19.7 Å².